The largest absolute Gasteiger partial charge is 0.338 e. The van der Waals surface area contributed by atoms with Gasteiger partial charge in [-0.25, -0.2) is 0 Å². The molecule has 2 aromatic rings. The fraction of sp³-hybridized carbons (Fsp3) is 0.500. The Bertz CT molecular complexity index is 711. The average Bonchev–Trinajstić information content (AvgIpc) is 3.05. The number of H-pyrrole nitrogens is 1. The van der Waals surface area contributed by atoms with Gasteiger partial charge in [-0.05, 0) is 12.8 Å². The fourth-order valence-corrected chi connectivity index (χ4v) is 2.85. The quantitative estimate of drug-likeness (QED) is 0.873. The van der Waals surface area contributed by atoms with Crippen molar-refractivity contribution < 1.29 is 4.79 Å². The van der Waals surface area contributed by atoms with Gasteiger partial charge in [0.15, 0.2) is 0 Å². The van der Waals surface area contributed by atoms with Gasteiger partial charge in [0.05, 0.1) is 11.8 Å². The molecule has 112 valence electrons. The number of aromatic nitrogens is 4. The Balaban J connectivity index is 1.76. The van der Waals surface area contributed by atoms with Crippen LogP contribution in [0.1, 0.15) is 34.8 Å². The van der Waals surface area contributed by atoms with Crippen molar-refractivity contribution in [3.8, 4) is 0 Å². The highest BCUT2D eigenvalue weighted by atomic mass is 16.2. The van der Waals surface area contributed by atoms with Crippen LogP contribution in [0, 0.1) is 0 Å². The lowest BCUT2D eigenvalue weighted by Gasteiger charge is -2.32. The molecule has 0 saturated carbocycles. The lowest BCUT2D eigenvalue weighted by molar-refractivity contribution is 0.0705. The number of hydrogen-bond donors (Lipinski definition) is 1. The number of amides is 1. The third kappa shape index (κ3) is 2.63. The van der Waals surface area contributed by atoms with Crippen LogP contribution < -0.4 is 5.56 Å². The molecule has 1 aliphatic heterocycles. The summed E-state index contributed by atoms with van der Waals surface area (Å²) in [5, 5.41) is 7.11. The normalized spacial score (nSPS) is 19.0. The highest BCUT2D eigenvalue weighted by Crippen LogP contribution is 2.25. The smallest absolute Gasteiger partial charge is 0.266 e. The lowest BCUT2D eigenvalue weighted by Crippen LogP contribution is -2.39. The fourth-order valence-electron chi connectivity index (χ4n) is 2.85. The van der Waals surface area contributed by atoms with E-state index in [2.05, 4.69) is 10.2 Å². The predicted molar refractivity (Wildman–Crippen MR) is 77.1 cm³/mol. The van der Waals surface area contributed by atoms with Gasteiger partial charge >= 0.3 is 0 Å². The number of hydrogen-bond acceptors (Lipinski definition) is 3. The maximum Gasteiger partial charge on any atom is 0.266 e. The Morgan fingerprint density at radius 3 is 2.86 bits per heavy atom. The molecule has 0 aromatic carbocycles. The molecule has 0 radical (unpaired) electrons. The molecule has 0 spiro atoms. The summed E-state index contributed by atoms with van der Waals surface area (Å²) in [6.45, 7) is 1.38. The zero-order valence-electron chi connectivity index (χ0n) is 12.2. The molecule has 1 N–H and O–H groups in total. The van der Waals surface area contributed by atoms with E-state index in [0.717, 1.165) is 25.1 Å². The van der Waals surface area contributed by atoms with Crippen LogP contribution in [0.15, 0.2) is 23.3 Å². The van der Waals surface area contributed by atoms with Crippen molar-refractivity contribution in [2.24, 2.45) is 14.1 Å². The van der Waals surface area contributed by atoms with E-state index in [9.17, 15) is 9.59 Å². The summed E-state index contributed by atoms with van der Waals surface area (Å²) in [7, 11) is 3.50. The Morgan fingerprint density at radius 1 is 1.43 bits per heavy atom. The Kier molecular flexibility index (Phi) is 3.40. The molecule has 0 unspecified atom stereocenters. The Morgan fingerprint density at radius 2 is 2.24 bits per heavy atom. The van der Waals surface area contributed by atoms with E-state index in [1.54, 1.807) is 37.2 Å². The number of likely N-dealkylation sites (tertiary alicyclic amines) is 1. The second-order valence-electron chi connectivity index (χ2n) is 5.60. The van der Waals surface area contributed by atoms with E-state index in [1.807, 2.05) is 4.90 Å². The number of piperidine rings is 1. The first-order valence-corrected chi connectivity index (χ1v) is 7.08. The molecule has 3 rings (SSSR count). The van der Waals surface area contributed by atoms with E-state index in [0.29, 0.717) is 12.1 Å². The second-order valence-corrected chi connectivity index (χ2v) is 5.60. The van der Waals surface area contributed by atoms with Crippen molar-refractivity contribution in [1.29, 1.82) is 0 Å². The van der Waals surface area contributed by atoms with Crippen LogP contribution in [0.4, 0.5) is 0 Å². The predicted octanol–water partition coefficient (Wildman–Crippen LogP) is 0.467. The van der Waals surface area contributed by atoms with Gasteiger partial charge in [0.1, 0.15) is 0 Å². The number of aromatic amines is 1. The molecule has 0 bridgehead atoms. The molecule has 1 fully saturated rings. The summed E-state index contributed by atoms with van der Waals surface area (Å²) in [6.07, 6.45) is 5.25. The van der Waals surface area contributed by atoms with E-state index in [4.69, 9.17) is 0 Å². The minimum absolute atomic E-state index is 0.00563. The monoisotopic (exact) mass is 289 g/mol. The molecule has 0 aliphatic carbocycles. The van der Waals surface area contributed by atoms with Gasteiger partial charge in [-0.3, -0.25) is 24.1 Å². The zero-order chi connectivity index (χ0) is 15.0. The summed E-state index contributed by atoms with van der Waals surface area (Å²) in [5.74, 6) is 0.194. The summed E-state index contributed by atoms with van der Waals surface area (Å²) in [5.41, 5.74) is 1.48. The molecule has 1 saturated heterocycles. The Hall–Kier alpha value is -2.31. The second kappa shape index (κ2) is 5.23. The van der Waals surface area contributed by atoms with Gasteiger partial charge in [0, 0.05) is 51.1 Å². The van der Waals surface area contributed by atoms with Crippen molar-refractivity contribution in [3.05, 3.63) is 40.1 Å². The minimum Gasteiger partial charge on any atom is -0.338 e. The van der Waals surface area contributed by atoms with Gasteiger partial charge in [-0.1, -0.05) is 0 Å². The SMILES string of the molecule is Cn1cc(C(=O)N2CCC[C@@H](c3cc(=O)n(C)[nH]3)C2)cn1. The van der Waals surface area contributed by atoms with Gasteiger partial charge in [-0.15, -0.1) is 0 Å². The van der Waals surface area contributed by atoms with Crippen LogP contribution >= 0.6 is 0 Å². The van der Waals surface area contributed by atoms with Gasteiger partial charge in [0.25, 0.3) is 11.5 Å². The van der Waals surface area contributed by atoms with E-state index in [-0.39, 0.29) is 17.4 Å². The summed E-state index contributed by atoms with van der Waals surface area (Å²) in [6, 6.07) is 1.63. The first-order chi connectivity index (χ1) is 10.0. The number of nitrogens with one attached hydrogen (secondary N) is 1. The van der Waals surface area contributed by atoms with Crippen molar-refractivity contribution in [1.82, 2.24) is 24.5 Å². The minimum atomic E-state index is -0.0410. The van der Waals surface area contributed by atoms with Crippen molar-refractivity contribution in [2.45, 2.75) is 18.8 Å². The maximum absolute atomic E-state index is 12.5. The zero-order valence-corrected chi connectivity index (χ0v) is 12.2. The van der Waals surface area contributed by atoms with Crippen molar-refractivity contribution in [3.63, 3.8) is 0 Å². The molecule has 1 aliphatic rings. The molecule has 3 heterocycles. The highest BCUT2D eigenvalue weighted by Gasteiger charge is 2.27. The molecule has 1 amide bonds. The van der Waals surface area contributed by atoms with Gasteiger partial charge < -0.3 is 4.90 Å². The number of aryl methyl sites for hydroxylation is 2. The van der Waals surface area contributed by atoms with Crippen LogP contribution in [-0.4, -0.2) is 43.5 Å². The maximum atomic E-state index is 12.5. The summed E-state index contributed by atoms with van der Waals surface area (Å²) < 4.78 is 3.10. The van der Waals surface area contributed by atoms with Gasteiger partial charge in [0.2, 0.25) is 0 Å². The van der Waals surface area contributed by atoms with Crippen LogP contribution in [0.25, 0.3) is 0 Å². The topological polar surface area (TPSA) is 75.9 Å². The van der Waals surface area contributed by atoms with Crippen LogP contribution in [0.5, 0.6) is 0 Å². The third-order valence-corrected chi connectivity index (χ3v) is 4.01. The molecular formula is C14H19N5O2. The number of rotatable bonds is 2. The van der Waals surface area contributed by atoms with Crippen LogP contribution in [0.3, 0.4) is 0 Å². The molecule has 1 atom stereocenters. The Labute approximate surface area is 122 Å². The van der Waals surface area contributed by atoms with Crippen molar-refractivity contribution >= 4 is 5.91 Å². The molecule has 7 nitrogen and oxygen atoms in total. The summed E-state index contributed by atoms with van der Waals surface area (Å²) >= 11 is 0. The molecular weight excluding hydrogens is 270 g/mol. The van der Waals surface area contributed by atoms with E-state index < -0.39 is 0 Å². The first-order valence-electron chi connectivity index (χ1n) is 7.08. The first kappa shape index (κ1) is 13.7. The van der Waals surface area contributed by atoms with Crippen LogP contribution in [-0.2, 0) is 14.1 Å². The van der Waals surface area contributed by atoms with Gasteiger partial charge in [-0.2, -0.15) is 5.10 Å². The van der Waals surface area contributed by atoms with E-state index in [1.165, 1.54) is 4.68 Å². The molecule has 2 aromatic heterocycles. The highest BCUT2D eigenvalue weighted by molar-refractivity contribution is 5.93. The average molecular weight is 289 g/mol. The van der Waals surface area contributed by atoms with Crippen molar-refractivity contribution in [2.75, 3.05) is 13.1 Å². The standard InChI is InChI=1S/C14H19N5O2/c1-17-8-11(7-15-17)14(21)19-5-3-4-10(9-19)12-6-13(20)18(2)16-12/h6-8,10,16H,3-5,9H2,1-2H3/t10-/m1/s1. The number of carbonyl (C=O) groups excluding carboxylic acids is 1. The summed E-state index contributed by atoms with van der Waals surface area (Å²) in [4.78, 5) is 25.9. The number of nitrogens with zero attached hydrogens (tertiary/aromatic N) is 4. The molecule has 7 heteroatoms. The van der Waals surface area contributed by atoms with E-state index >= 15 is 0 Å². The molecule has 21 heavy (non-hydrogen) atoms. The lowest BCUT2D eigenvalue weighted by atomic mass is 9.94. The number of carbonyl (C=O) groups is 1. The third-order valence-electron chi connectivity index (χ3n) is 4.01. The van der Waals surface area contributed by atoms with Crippen LogP contribution in [0.2, 0.25) is 0 Å².